The van der Waals surface area contributed by atoms with Crippen LogP contribution < -0.4 is 29.6 Å². The van der Waals surface area contributed by atoms with E-state index in [1.54, 1.807) is 26.4 Å². The van der Waals surface area contributed by atoms with Crippen LogP contribution in [0.25, 0.3) is 21.8 Å². The number of amides is 4. The van der Waals surface area contributed by atoms with E-state index in [2.05, 4.69) is 30.6 Å². The summed E-state index contributed by atoms with van der Waals surface area (Å²) in [5.74, 6) is 2.44. The summed E-state index contributed by atoms with van der Waals surface area (Å²) in [6.45, 7) is 4.91. The van der Waals surface area contributed by atoms with Crippen LogP contribution in [0.2, 0.25) is 10.0 Å². The van der Waals surface area contributed by atoms with Crippen LogP contribution in [-0.2, 0) is 9.47 Å². The van der Waals surface area contributed by atoms with Gasteiger partial charge in [-0.1, -0.05) is 23.2 Å². The van der Waals surface area contributed by atoms with Crippen molar-refractivity contribution in [2.75, 3.05) is 91.6 Å². The van der Waals surface area contributed by atoms with Gasteiger partial charge in [0, 0.05) is 86.6 Å². The Hall–Kier alpha value is -6.57. The number of carbonyl (C=O) groups excluding carboxylic acids is 2. The van der Waals surface area contributed by atoms with E-state index in [0.717, 1.165) is 62.1 Å². The third-order valence-electron chi connectivity index (χ3n) is 14.3. The average Bonchev–Trinajstić information content (AvgIpc) is 3.46. The first-order chi connectivity index (χ1) is 36.8. The normalized spacial score (nSPS) is 18.8. The number of anilines is 4. The first kappa shape index (κ1) is 64.3. The minimum absolute atomic E-state index is 0. The van der Waals surface area contributed by atoms with Crippen molar-refractivity contribution in [1.29, 1.82) is 0 Å². The molecule has 2 aromatic heterocycles. The molecule has 2 aliphatic heterocycles. The Balaban J connectivity index is 0.000000280. The Labute approximate surface area is 478 Å². The molecule has 10 rings (SSSR count). The van der Waals surface area contributed by atoms with Gasteiger partial charge in [-0.2, -0.15) is 0 Å². The summed E-state index contributed by atoms with van der Waals surface area (Å²) in [6.07, 6.45) is 9.56. The van der Waals surface area contributed by atoms with Crippen LogP contribution in [0.1, 0.15) is 51.4 Å². The number of carbonyl (C=O) groups is 2. The summed E-state index contributed by atoms with van der Waals surface area (Å²) in [4.78, 5) is 50.7. The van der Waals surface area contributed by atoms with Gasteiger partial charge in [-0.05, 0) is 99.9 Å². The highest BCUT2D eigenvalue weighted by molar-refractivity contribution is 6.31. The van der Waals surface area contributed by atoms with Crippen molar-refractivity contribution >= 4 is 92.5 Å². The van der Waals surface area contributed by atoms with Crippen molar-refractivity contribution in [2.45, 2.75) is 75.7 Å². The number of nitrogens with zero attached hydrogens (tertiary/aromatic N) is 8. The van der Waals surface area contributed by atoms with Gasteiger partial charge in [0.1, 0.15) is 35.9 Å². The molecule has 4 fully saturated rings. The van der Waals surface area contributed by atoms with E-state index >= 15 is 0 Å². The third-order valence-corrected chi connectivity index (χ3v) is 14.9. The van der Waals surface area contributed by atoms with E-state index in [1.165, 1.54) is 36.9 Å². The highest BCUT2D eigenvalue weighted by Crippen LogP contribution is 2.40. The second kappa shape index (κ2) is 29.8. The Morgan fingerprint density at radius 2 is 0.925 bits per heavy atom. The molecular weight excluding hydrogens is 1110 g/mol. The molecular formula is C54H69Cl3F2N10O11. The molecule has 436 valence electrons. The van der Waals surface area contributed by atoms with E-state index in [9.17, 15) is 18.4 Å². The minimum Gasteiger partial charge on any atom is -0.493 e. The van der Waals surface area contributed by atoms with E-state index in [0.29, 0.717) is 110 Å². The Kier molecular flexibility index (Phi) is 23.9. The quantitative estimate of drug-likeness (QED) is 0.116. The van der Waals surface area contributed by atoms with Gasteiger partial charge in [0.05, 0.1) is 73.9 Å². The summed E-state index contributed by atoms with van der Waals surface area (Å²) < 4.78 is 62.0. The van der Waals surface area contributed by atoms with Crippen molar-refractivity contribution in [3.05, 3.63) is 95.0 Å². The van der Waals surface area contributed by atoms with Crippen LogP contribution in [0.4, 0.5) is 41.4 Å². The van der Waals surface area contributed by atoms with Crippen LogP contribution in [0.3, 0.4) is 0 Å². The molecule has 0 atom stereocenters. The van der Waals surface area contributed by atoms with Crippen LogP contribution in [0, 0.1) is 11.6 Å². The molecule has 4 aromatic carbocycles. The number of methoxy groups -OCH3 is 2. The van der Waals surface area contributed by atoms with E-state index in [1.807, 2.05) is 58.0 Å². The van der Waals surface area contributed by atoms with Gasteiger partial charge in [0.2, 0.25) is 0 Å². The van der Waals surface area contributed by atoms with Crippen molar-refractivity contribution in [3.63, 3.8) is 0 Å². The summed E-state index contributed by atoms with van der Waals surface area (Å²) in [6, 6.07) is 16.6. The number of urea groups is 2. The molecule has 8 N–H and O–H groups in total. The number of morpholine rings is 2. The molecule has 0 radical (unpaired) electrons. The zero-order valence-electron chi connectivity index (χ0n) is 44.8. The first-order valence-corrected chi connectivity index (χ1v) is 26.2. The molecule has 6 aromatic rings. The van der Waals surface area contributed by atoms with Crippen molar-refractivity contribution < 1.29 is 63.2 Å². The number of ether oxygens (including phenoxy) is 6. The van der Waals surface area contributed by atoms with E-state index < -0.39 is 11.6 Å². The van der Waals surface area contributed by atoms with Crippen LogP contribution in [0.5, 0.6) is 23.0 Å². The molecule has 4 amide bonds. The number of aromatic nitrogens is 4. The van der Waals surface area contributed by atoms with Crippen LogP contribution in [0.15, 0.2) is 73.3 Å². The number of rotatable bonds is 12. The number of hydrogen-bond acceptors (Lipinski definition) is 14. The van der Waals surface area contributed by atoms with Crippen molar-refractivity contribution in [3.8, 4) is 23.0 Å². The maximum Gasteiger partial charge on any atom is 0.320 e. The summed E-state index contributed by atoms with van der Waals surface area (Å²) in [5, 5.41) is 7.88. The highest BCUT2D eigenvalue weighted by Gasteiger charge is 2.33. The smallest absolute Gasteiger partial charge is 0.320 e. The van der Waals surface area contributed by atoms with Gasteiger partial charge < -0.3 is 75.1 Å². The molecule has 21 nitrogen and oxygen atoms in total. The van der Waals surface area contributed by atoms with Gasteiger partial charge >= 0.3 is 12.1 Å². The van der Waals surface area contributed by atoms with Gasteiger partial charge in [-0.3, -0.25) is 0 Å². The lowest BCUT2D eigenvalue weighted by Gasteiger charge is -2.38. The lowest BCUT2D eigenvalue weighted by molar-refractivity contribution is 0.0369. The number of benzene rings is 4. The number of hydrogen-bond donors (Lipinski definition) is 2. The summed E-state index contributed by atoms with van der Waals surface area (Å²) in [5.41, 5.74) is 2.55. The van der Waals surface area contributed by atoms with Crippen molar-refractivity contribution in [1.82, 2.24) is 39.5 Å². The Morgan fingerprint density at radius 3 is 1.26 bits per heavy atom. The predicted molar refractivity (Wildman–Crippen MR) is 304 cm³/mol. The van der Waals surface area contributed by atoms with Gasteiger partial charge in [0.15, 0.2) is 23.0 Å². The topological polar surface area (TPSA) is 273 Å². The molecule has 2 aliphatic carbocycles. The fourth-order valence-electron chi connectivity index (χ4n) is 9.98. The van der Waals surface area contributed by atoms with Gasteiger partial charge in [-0.25, -0.2) is 38.3 Å². The van der Waals surface area contributed by atoms with Crippen molar-refractivity contribution in [2.24, 2.45) is 0 Å². The molecule has 0 bridgehead atoms. The molecule has 26 heteroatoms. The molecule has 4 heterocycles. The van der Waals surface area contributed by atoms with Crippen LogP contribution in [-0.4, -0.2) is 173 Å². The predicted octanol–water partition coefficient (Wildman–Crippen LogP) is 8.44. The molecule has 2 saturated heterocycles. The molecule has 80 heavy (non-hydrogen) atoms. The standard InChI is InChI=1S/2C27H31ClFN5O4.ClH.3H2O/c2*1-33(27(35)34-9-11-37-12-10-34)18-4-6-19(7-5-18)38-25-14-20-23(15-24(25)36-2)30-16-31-26(20)32-17-3-8-22(29)21(28)13-17;;;;/h2*3,8,13-16,18-19H,4-7,9-12H2,1-2H3,(H,30,31,32);1H;3*1H2. The summed E-state index contributed by atoms with van der Waals surface area (Å²) in [7, 11) is 6.97. The lowest BCUT2D eigenvalue weighted by atomic mass is 9.92. The molecule has 0 spiro atoms. The number of nitrogens with one attached hydrogen (secondary N) is 2. The van der Waals surface area contributed by atoms with E-state index in [4.69, 9.17) is 51.6 Å². The second-order valence-electron chi connectivity index (χ2n) is 19.1. The zero-order chi connectivity index (χ0) is 53.3. The third kappa shape index (κ3) is 15.5. The lowest BCUT2D eigenvalue weighted by Crippen LogP contribution is -2.51. The molecule has 4 aliphatic rings. The maximum atomic E-state index is 13.6. The summed E-state index contributed by atoms with van der Waals surface area (Å²) >= 11 is 11.9. The van der Waals surface area contributed by atoms with E-state index in [-0.39, 0.29) is 75.2 Å². The van der Waals surface area contributed by atoms with Crippen LogP contribution >= 0.6 is 35.6 Å². The second-order valence-corrected chi connectivity index (χ2v) is 19.9. The monoisotopic (exact) mass is 1180 g/mol. The first-order valence-electron chi connectivity index (χ1n) is 25.5. The fourth-order valence-corrected chi connectivity index (χ4v) is 10.3. The maximum absolute atomic E-state index is 13.6. The minimum atomic E-state index is -0.489. The molecule has 0 unspecified atom stereocenters. The Bertz CT molecular complexity index is 2810. The zero-order valence-corrected chi connectivity index (χ0v) is 47.1. The SMILES string of the molecule is COc1cc2ncnc(Nc3ccc(F)c(Cl)c3)c2cc1OC1CCC(N(C)C(=O)N2CCOCC2)CC1.COc1cc2ncnc(Nc3ccc(F)c(Cl)c3)c2cc1OC1CCC(N(C)C(=O)N2CCOCC2)CC1.Cl.O.O.O. The van der Waals surface area contributed by atoms with Gasteiger partial charge in [-0.15, -0.1) is 12.4 Å². The molecule has 2 saturated carbocycles. The number of fused-ring (bicyclic) bond motifs is 2. The van der Waals surface area contributed by atoms with Gasteiger partial charge in [0.25, 0.3) is 0 Å². The largest absolute Gasteiger partial charge is 0.493 e. The fraction of sp³-hybridized carbons (Fsp3) is 0.444. The Morgan fingerprint density at radius 1 is 0.562 bits per heavy atom. The number of halogens is 5. The average molecular weight is 1180 g/mol. The highest BCUT2D eigenvalue weighted by atomic mass is 35.5.